The zero-order valence-corrected chi connectivity index (χ0v) is 12.6. The van der Waals surface area contributed by atoms with Crippen LogP contribution in [-0.4, -0.2) is 15.9 Å². The van der Waals surface area contributed by atoms with Gasteiger partial charge in [-0.3, -0.25) is 14.9 Å². The van der Waals surface area contributed by atoms with E-state index >= 15 is 0 Å². The third-order valence-corrected chi connectivity index (χ3v) is 3.88. The molecule has 0 aliphatic heterocycles. The molecular formula is C16H13N3O2S. The maximum atomic E-state index is 12.0. The number of aromatic amines is 1. The van der Waals surface area contributed by atoms with Crippen molar-refractivity contribution in [3.8, 4) is 11.3 Å². The van der Waals surface area contributed by atoms with Crippen molar-refractivity contribution in [2.24, 2.45) is 0 Å². The average Bonchev–Trinajstić information content (AvgIpc) is 2.97. The Labute approximate surface area is 130 Å². The van der Waals surface area contributed by atoms with Crippen LogP contribution in [-0.2, 0) is 0 Å². The summed E-state index contributed by atoms with van der Waals surface area (Å²) < 4.78 is 0. The smallest absolute Gasteiger partial charge is 0.258 e. The second-order valence-electron chi connectivity index (χ2n) is 4.80. The van der Waals surface area contributed by atoms with Gasteiger partial charge in [0, 0.05) is 23.2 Å². The van der Waals surface area contributed by atoms with Crippen LogP contribution in [0.25, 0.3) is 11.3 Å². The number of rotatable bonds is 3. The van der Waals surface area contributed by atoms with E-state index in [-0.39, 0.29) is 11.5 Å². The van der Waals surface area contributed by atoms with Gasteiger partial charge in [0.2, 0.25) is 5.56 Å². The second kappa shape index (κ2) is 5.95. The maximum absolute atomic E-state index is 12.0. The van der Waals surface area contributed by atoms with E-state index in [1.807, 2.05) is 36.6 Å². The number of nitrogens with zero attached hydrogens (tertiary/aromatic N) is 1. The van der Waals surface area contributed by atoms with Crippen molar-refractivity contribution in [3.63, 3.8) is 0 Å². The lowest BCUT2D eigenvalue weighted by Crippen LogP contribution is -2.14. The quantitative estimate of drug-likeness (QED) is 0.780. The van der Waals surface area contributed by atoms with Crippen molar-refractivity contribution < 1.29 is 4.79 Å². The summed E-state index contributed by atoms with van der Waals surface area (Å²) in [6.45, 7) is 2.03. The normalized spacial score (nSPS) is 10.4. The summed E-state index contributed by atoms with van der Waals surface area (Å²) in [5.41, 5.74) is 3.15. The number of carbonyl (C=O) groups excluding carboxylic acids is 1. The zero-order valence-electron chi connectivity index (χ0n) is 11.8. The highest BCUT2D eigenvalue weighted by atomic mass is 32.1. The summed E-state index contributed by atoms with van der Waals surface area (Å²) in [4.78, 5) is 29.9. The fraction of sp³-hybridized carbons (Fsp3) is 0.0625. The van der Waals surface area contributed by atoms with Crippen molar-refractivity contribution in [2.75, 3.05) is 5.32 Å². The van der Waals surface area contributed by atoms with Gasteiger partial charge in [0.05, 0.1) is 11.3 Å². The van der Waals surface area contributed by atoms with Gasteiger partial charge >= 0.3 is 0 Å². The molecule has 2 N–H and O–H groups in total. The first-order valence-electron chi connectivity index (χ1n) is 6.64. The Balaban J connectivity index is 1.76. The second-order valence-corrected chi connectivity index (χ2v) is 5.66. The number of H-pyrrole nitrogens is 1. The number of nitrogens with one attached hydrogen (secondary N) is 2. The molecule has 0 aliphatic rings. The van der Waals surface area contributed by atoms with Crippen LogP contribution in [0.15, 0.2) is 52.8 Å². The molecule has 0 aliphatic carbocycles. The third kappa shape index (κ3) is 3.12. The minimum atomic E-state index is -0.305. The molecule has 5 nitrogen and oxygen atoms in total. The highest BCUT2D eigenvalue weighted by Gasteiger charge is 2.10. The Morgan fingerprint density at radius 1 is 1.18 bits per heavy atom. The van der Waals surface area contributed by atoms with E-state index in [9.17, 15) is 9.59 Å². The lowest BCUT2D eigenvalue weighted by Gasteiger charge is -2.01. The van der Waals surface area contributed by atoms with Crippen molar-refractivity contribution in [3.05, 3.63) is 69.5 Å². The third-order valence-electron chi connectivity index (χ3n) is 3.12. The molecule has 0 atom stereocenters. The predicted octanol–water partition coefficient (Wildman–Crippen LogP) is 3.06. The Morgan fingerprint density at radius 2 is 1.95 bits per heavy atom. The molecule has 22 heavy (non-hydrogen) atoms. The van der Waals surface area contributed by atoms with Gasteiger partial charge in [0.1, 0.15) is 0 Å². The molecule has 0 radical (unpaired) electrons. The summed E-state index contributed by atoms with van der Waals surface area (Å²) in [7, 11) is 0. The molecule has 0 bridgehead atoms. The fourth-order valence-electron chi connectivity index (χ4n) is 1.91. The number of anilines is 1. The molecule has 110 valence electrons. The molecule has 2 aromatic heterocycles. The molecule has 0 saturated carbocycles. The monoisotopic (exact) mass is 311 g/mol. The standard InChI is InChI=1S/C16H13N3O2S/c1-10-2-4-11(5-3-10)13-9-22-16(18-13)19-15(21)12-6-7-14(20)17-8-12/h2-9H,1H3,(H,17,20)(H,18,19,21). The first-order chi connectivity index (χ1) is 10.6. The fourth-order valence-corrected chi connectivity index (χ4v) is 2.62. The zero-order chi connectivity index (χ0) is 15.5. The van der Waals surface area contributed by atoms with Crippen LogP contribution in [0.3, 0.4) is 0 Å². The first-order valence-corrected chi connectivity index (χ1v) is 7.52. The topological polar surface area (TPSA) is 74.8 Å². The molecule has 1 aromatic carbocycles. The average molecular weight is 311 g/mol. The number of benzene rings is 1. The van der Waals surface area contributed by atoms with Crippen LogP contribution in [0.5, 0.6) is 0 Å². The molecule has 0 fully saturated rings. The largest absolute Gasteiger partial charge is 0.328 e. The van der Waals surface area contributed by atoms with Gasteiger partial charge in [0.15, 0.2) is 5.13 Å². The maximum Gasteiger partial charge on any atom is 0.258 e. The molecule has 2 heterocycles. The first kappa shape index (κ1) is 14.2. The summed E-state index contributed by atoms with van der Waals surface area (Å²) in [6.07, 6.45) is 1.38. The SMILES string of the molecule is Cc1ccc(-c2csc(NC(=O)c3ccc(=O)[nH]c3)n2)cc1. The van der Waals surface area contributed by atoms with Crippen LogP contribution in [0.1, 0.15) is 15.9 Å². The van der Waals surface area contributed by atoms with E-state index < -0.39 is 0 Å². The molecule has 6 heteroatoms. The van der Waals surface area contributed by atoms with Crippen LogP contribution in [0.4, 0.5) is 5.13 Å². The number of pyridine rings is 1. The number of thiazole rings is 1. The van der Waals surface area contributed by atoms with Gasteiger partial charge in [-0.15, -0.1) is 11.3 Å². The summed E-state index contributed by atoms with van der Waals surface area (Å²) >= 11 is 1.36. The number of aromatic nitrogens is 2. The Hall–Kier alpha value is -2.73. The van der Waals surface area contributed by atoms with Gasteiger partial charge in [-0.05, 0) is 13.0 Å². The molecule has 1 amide bonds. The Morgan fingerprint density at radius 3 is 2.64 bits per heavy atom. The van der Waals surface area contributed by atoms with Gasteiger partial charge < -0.3 is 4.98 Å². The van der Waals surface area contributed by atoms with Gasteiger partial charge in [0.25, 0.3) is 5.91 Å². The van der Waals surface area contributed by atoms with E-state index in [1.54, 1.807) is 0 Å². The van der Waals surface area contributed by atoms with Crippen LogP contribution < -0.4 is 10.9 Å². The Bertz CT molecular complexity index is 845. The summed E-state index contributed by atoms with van der Waals surface area (Å²) in [5, 5.41) is 5.14. The van der Waals surface area contributed by atoms with Crippen molar-refractivity contribution >= 4 is 22.4 Å². The highest BCUT2D eigenvalue weighted by Crippen LogP contribution is 2.25. The van der Waals surface area contributed by atoms with Crippen LogP contribution >= 0.6 is 11.3 Å². The van der Waals surface area contributed by atoms with E-state index in [4.69, 9.17) is 0 Å². The molecule has 3 aromatic rings. The van der Waals surface area contributed by atoms with E-state index in [1.165, 1.54) is 35.2 Å². The highest BCUT2D eigenvalue weighted by molar-refractivity contribution is 7.14. The molecule has 0 saturated heterocycles. The number of carbonyl (C=O) groups is 1. The minimum absolute atomic E-state index is 0.243. The lowest BCUT2D eigenvalue weighted by atomic mass is 10.1. The number of aryl methyl sites for hydroxylation is 1. The van der Waals surface area contributed by atoms with Gasteiger partial charge in [-0.2, -0.15) is 0 Å². The lowest BCUT2D eigenvalue weighted by molar-refractivity contribution is 0.102. The summed E-state index contributed by atoms with van der Waals surface area (Å²) in [6, 6.07) is 10.8. The molecule has 3 rings (SSSR count). The number of hydrogen-bond acceptors (Lipinski definition) is 4. The molecule has 0 unspecified atom stereocenters. The number of hydrogen-bond donors (Lipinski definition) is 2. The van der Waals surface area contributed by atoms with E-state index in [0.29, 0.717) is 10.7 Å². The van der Waals surface area contributed by atoms with Gasteiger partial charge in [-0.25, -0.2) is 4.98 Å². The van der Waals surface area contributed by atoms with Crippen molar-refractivity contribution in [2.45, 2.75) is 6.92 Å². The Kier molecular flexibility index (Phi) is 3.84. The van der Waals surface area contributed by atoms with Crippen LogP contribution in [0, 0.1) is 6.92 Å². The van der Waals surface area contributed by atoms with Gasteiger partial charge in [-0.1, -0.05) is 29.8 Å². The summed E-state index contributed by atoms with van der Waals surface area (Å²) in [5.74, 6) is -0.305. The van der Waals surface area contributed by atoms with E-state index in [0.717, 1.165) is 11.3 Å². The van der Waals surface area contributed by atoms with Crippen molar-refractivity contribution in [1.82, 2.24) is 9.97 Å². The molecular weight excluding hydrogens is 298 g/mol. The number of amides is 1. The van der Waals surface area contributed by atoms with Crippen LogP contribution in [0.2, 0.25) is 0 Å². The minimum Gasteiger partial charge on any atom is -0.328 e. The predicted molar refractivity (Wildman–Crippen MR) is 87.3 cm³/mol. The van der Waals surface area contributed by atoms with E-state index in [2.05, 4.69) is 15.3 Å². The van der Waals surface area contributed by atoms with Crippen molar-refractivity contribution in [1.29, 1.82) is 0 Å². The molecule has 0 spiro atoms.